The molecule has 6 nitrogen and oxygen atoms in total. The van der Waals surface area contributed by atoms with Crippen molar-refractivity contribution in [3.05, 3.63) is 17.3 Å². The van der Waals surface area contributed by atoms with Crippen LogP contribution in [-0.2, 0) is 10.0 Å². The summed E-state index contributed by atoms with van der Waals surface area (Å²) in [5, 5.41) is 8.64. The lowest BCUT2D eigenvalue weighted by Gasteiger charge is -2.32. The van der Waals surface area contributed by atoms with Crippen LogP contribution in [0.15, 0.2) is 17.0 Å². The molecule has 1 aliphatic rings. The minimum atomic E-state index is -3.81. The maximum absolute atomic E-state index is 11.6. The third kappa shape index (κ3) is 4.54. The first-order valence-corrected chi connectivity index (χ1v) is 9.01. The predicted molar refractivity (Wildman–Crippen MR) is 84.0 cm³/mol. The molecule has 1 aromatic rings. The number of rotatable bonds is 5. The van der Waals surface area contributed by atoms with E-state index in [1.54, 1.807) is 0 Å². The fraction of sp³-hybridized carbons (Fsp3) is 0.615. The van der Waals surface area contributed by atoms with E-state index in [1.807, 2.05) is 0 Å². The topological polar surface area (TPSA) is 88.3 Å². The summed E-state index contributed by atoms with van der Waals surface area (Å²) >= 11 is 5.85. The fourth-order valence-electron chi connectivity index (χ4n) is 2.57. The number of nitrogens with zero attached hydrogens (tertiary/aromatic N) is 2. The Hall–Kier alpha value is -0.890. The second-order valence-electron chi connectivity index (χ2n) is 5.29. The van der Waals surface area contributed by atoms with Crippen molar-refractivity contribution in [2.24, 2.45) is 5.14 Å². The van der Waals surface area contributed by atoms with Crippen molar-refractivity contribution < 1.29 is 8.42 Å². The summed E-state index contributed by atoms with van der Waals surface area (Å²) in [4.78, 5) is 6.47. The number of nitrogens with one attached hydrogen (secondary N) is 1. The summed E-state index contributed by atoms with van der Waals surface area (Å²) in [6.07, 6.45) is 3.03. The van der Waals surface area contributed by atoms with Crippen LogP contribution in [0.1, 0.15) is 26.2 Å². The number of aromatic nitrogens is 1. The maximum atomic E-state index is 11.6. The van der Waals surface area contributed by atoms with Crippen LogP contribution in [-0.4, -0.2) is 44.0 Å². The number of likely N-dealkylation sites (tertiary alicyclic amines) is 1. The van der Waals surface area contributed by atoms with Gasteiger partial charge in [-0.15, -0.1) is 0 Å². The van der Waals surface area contributed by atoms with E-state index in [9.17, 15) is 8.42 Å². The van der Waals surface area contributed by atoms with Crippen molar-refractivity contribution in [1.82, 2.24) is 9.88 Å². The van der Waals surface area contributed by atoms with E-state index in [1.165, 1.54) is 12.1 Å². The number of nitrogens with two attached hydrogens (primary N) is 1. The predicted octanol–water partition coefficient (Wildman–Crippen LogP) is 1.67. The Morgan fingerprint density at radius 3 is 2.67 bits per heavy atom. The van der Waals surface area contributed by atoms with Gasteiger partial charge < -0.3 is 10.2 Å². The van der Waals surface area contributed by atoms with Crippen LogP contribution < -0.4 is 10.5 Å². The molecular weight excluding hydrogens is 312 g/mol. The van der Waals surface area contributed by atoms with Crippen LogP contribution in [0, 0.1) is 0 Å². The van der Waals surface area contributed by atoms with E-state index in [0.717, 1.165) is 38.9 Å². The number of hydrogen-bond donors (Lipinski definition) is 2. The van der Waals surface area contributed by atoms with Gasteiger partial charge >= 0.3 is 0 Å². The zero-order chi connectivity index (χ0) is 15.5. The number of pyridine rings is 1. The standard InChI is InChI=1S/C13H21ClN4O2S/c1-2-7-18-8-5-10(6-9-18)16-13-11(21(15,19)20)3-4-12(14)17-13/h3-4,10H,2,5-9H2,1H3,(H,16,17)(H2,15,19,20). The van der Waals surface area contributed by atoms with Gasteiger partial charge in [-0.3, -0.25) is 0 Å². The Balaban J connectivity index is 2.08. The van der Waals surface area contributed by atoms with Gasteiger partial charge in [0.15, 0.2) is 0 Å². The lowest BCUT2D eigenvalue weighted by atomic mass is 10.0. The zero-order valence-electron chi connectivity index (χ0n) is 12.0. The summed E-state index contributed by atoms with van der Waals surface area (Å²) in [6, 6.07) is 3.00. The van der Waals surface area contributed by atoms with Gasteiger partial charge in [0.05, 0.1) is 0 Å². The van der Waals surface area contributed by atoms with Gasteiger partial charge in [0.2, 0.25) is 10.0 Å². The molecule has 21 heavy (non-hydrogen) atoms. The molecule has 0 bridgehead atoms. The van der Waals surface area contributed by atoms with Crippen LogP contribution in [0.3, 0.4) is 0 Å². The summed E-state index contributed by atoms with van der Waals surface area (Å²) in [5.74, 6) is 0.249. The lowest BCUT2D eigenvalue weighted by molar-refractivity contribution is 0.219. The van der Waals surface area contributed by atoms with Crippen LogP contribution in [0.2, 0.25) is 5.15 Å². The second kappa shape index (κ2) is 6.91. The van der Waals surface area contributed by atoms with Gasteiger partial charge in [0.1, 0.15) is 15.9 Å². The highest BCUT2D eigenvalue weighted by molar-refractivity contribution is 7.89. The quantitative estimate of drug-likeness (QED) is 0.801. The van der Waals surface area contributed by atoms with Crippen LogP contribution in [0.4, 0.5) is 5.82 Å². The molecule has 0 saturated carbocycles. The smallest absolute Gasteiger partial charge is 0.241 e. The van der Waals surface area contributed by atoms with Crippen LogP contribution in [0.25, 0.3) is 0 Å². The normalized spacial score (nSPS) is 17.9. The maximum Gasteiger partial charge on any atom is 0.241 e. The first kappa shape index (κ1) is 16.5. The highest BCUT2D eigenvalue weighted by Crippen LogP contribution is 2.23. The largest absolute Gasteiger partial charge is 0.366 e. The van der Waals surface area contributed by atoms with E-state index in [-0.39, 0.29) is 21.9 Å². The molecule has 0 atom stereocenters. The molecule has 1 fully saturated rings. The lowest BCUT2D eigenvalue weighted by Crippen LogP contribution is -2.39. The number of primary sulfonamides is 1. The molecule has 0 spiro atoms. The number of piperidine rings is 1. The molecule has 1 saturated heterocycles. The first-order valence-electron chi connectivity index (χ1n) is 7.08. The Morgan fingerprint density at radius 1 is 1.43 bits per heavy atom. The Morgan fingerprint density at radius 2 is 2.10 bits per heavy atom. The SMILES string of the molecule is CCCN1CCC(Nc2nc(Cl)ccc2S(N)(=O)=O)CC1. The number of hydrogen-bond acceptors (Lipinski definition) is 5. The fourth-order valence-corrected chi connectivity index (χ4v) is 3.35. The van der Waals surface area contributed by atoms with Gasteiger partial charge in [0, 0.05) is 19.1 Å². The van der Waals surface area contributed by atoms with Gasteiger partial charge in [-0.05, 0) is 37.9 Å². The first-order chi connectivity index (χ1) is 9.90. The minimum absolute atomic E-state index is 0.0112. The van der Waals surface area contributed by atoms with Crippen molar-refractivity contribution >= 4 is 27.4 Å². The molecule has 1 aromatic heterocycles. The summed E-state index contributed by atoms with van der Waals surface area (Å²) in [5.41, 5.74) is 0. The molecule has 0 radical (unpaired) electrons. The molecule has 3 N–H and O–H groups in total. The Labute approximate surface area is 130 Å². The second-order valence-corrected chi connectivity index (χ2v) is 7.20. The number of sulfonamides is 1. The average molecular weight is 333 g/mol. The van der Waals surface area contributed by atoms with Crippen molar-refractivity contribution in [3.8, 4) is 0 Å². The highest BCUT2D eigenvalue weighted by Gasteiger charge is 2.22. The summed E-state index contributed by atoms with van der Waals surface area (Å²) < 4.78 is 23.2. The molecular formula is C13H21ClN4O2S. The molecule has 0 aliphatic carbocycles. The van der Waals surface area contributed by atoms with Crippen molar-refractivity contribution in [2.75, 3.05) is 25.0 Å². The third-order valence-corrected chi connectivity index (χ3v) is 4.75. The molecule has 8 heteroatoms. The summed E-state index contributed by atoms with van der Waals surface area (Å²) in [7, 11) is -3.81. The van der Waals surface area contributed by atoms with Gasteiger partial charge in [-0.1, -0.05) is 18.5 Å². The van der Waals surface area contributed by atoms with E-state index in [0.29, 0.717) is 0 Å². The van der Waals surface area contributed by atoms with E-state index in [4.69, 9.17) is 16.7 Å². The monoisotopic (exact) mass is 332 g/mol. The van der Waals surface area contributed by atoms with Crippen LogP contribution >= 0.6 is 11.6 Å². The molecule has 0 aromatic carbocycles. The molecule has 0 amide bonds. The highest BCUT2D eigenvalue weighted by atomic mass is 35.5. The number of anilines is 1. The van der Waals surface area contributed by atoms with Crippen molar-refractivity contribution in [1.29, 1.82) is 0 Å². The van der Waals surface area contributed by atoms with E-state index < -0.39 is 10.0 Å². The van der Waals surface area contributed by atoms with Gasteiger partial charge in [0.25, 0.3) is 0 Å². The average Bonchev–Trinajstić information content (AvgIpc) is 2.40. The molecule has 2 heterocycles. The van der Waals surface area contributed by atoms with Gasteiger partial charge in [-0.25, -0.2) is 18.5 Å². The van der Waals surface area contributed by atoms with Gasteiger partial charge in [-0.2, -0.15) is 0 Å². The minimum Gasteiger partial charge on any atom is -0.366 e. The van der Waals surface area contributed by atoms with Crippen LogP contribution in [0.5, 0.6) is 0 Å². The zero-order valence-corrected chi connectivity index (χ0v) is 13.6. The molecule has 0 unspecified atom stereocenters. The Kier molecular flexibility index (Phi) is 5.43. The molecule has 1 aliphatic heterocycles. The Bertz CT molecular complexity index is 586. The van der Waals surface area contributed by atoms with E-state index in [2.05, 4.69) is 22.1 Å². The van der Waals surface area contributed by atoms with Crippen molar-refractivity contribution in [3.63, 3.8) is 0 Å². The van der Waals surface area contributed by atoms with E-state index >= 15 is 0 Å². The number of halogens is 1. The molecule has 118 valence electrons. The van der Waals surface area contributed by atoms with Crippen molar-refractivity contribution in [2.45, 2.75) is 37.1 Å². The summed E-state index contributed by atoms with van der Waals surface area (Å²) in [6.45, 7) is 5.26. The third-order valence-electron chi connectivity index (χ3n) is 3.60. The molecule has 2 rings (SSSR count).